The summed E-state index contributed by atoms with van der Waals surface area (Å²) in [4.78, 5) is 0. The maximum absolute atomic E-state index is 6.18. The molecule has 0 saturated heterocycles. The lowest BCUT2D eigenvalue weighted by molar-refractivity contribution is 0.413. The van der Waals surface area contributed by atoms with Gasteiger partial charge >= 0.3 is 0 Å². The van der Waals surface area contributed by atoms with Gasteiger partial charge < -0.3 is 9.16 Å². The molecule has 0 spiro atoms. The molecule has 0 heterocycles. The fraction of sp³-hybridized carbons (Fsp3) is 0.538. The lowest BCUT2D eigenvalue weighted by Gasteiger charge is -2.36. The standard InChI is InChI=1S/C13H21ClO2Si/c1-13(2,3)17(5,6)16-12-8-7-10(15-4)9-11(12)14/h7-9H,1-6H3. The molecule has 0 bridgehead atoms. The van der Waals surface area contributed by atoms with Crippen molar-refractivity contribution in [3.8, 4) is 11.5 Å². The number of rotatable bonds is 3. The van der Waals surface area contributed by atoms with Crippen molar-refractivity contribution in [2.75, 3.05) is 7.11 Å². The van der Waals surface area contributed by atoms with Gasteiger partial charge in [-0.3, -0.25) is 0 Å². The van der Waals surface area contributed by atoms with Crippen LogP contribution in [-0.4, -0.2) is 15.4 Å². The summed E-state index contributed by atoms with van der Waals surface area (Å²) in [5.74, 6) is 1.50. The van der Waals surface area contributed by atoms with E-state index in [9.17, 15) is 0 Å². The first-order valence-corrected chi connectivity index (χ1v) is 8.98. The zero-order chi connectivity index (χ0) is 13.3. The Morgan fingerprint density at radius 3 is 2.18 bits per heavy atom. The Bertz CT molecular complexity index is 397. The number of hydrogen-bond donors (Lipinski definition) is 0. The highest BCUT2D eigenvalue weighted by atomic mass is 35.5. The summed E-state index contributed by atoms with van der Waals surface area (Å²) in [6.45, 7) is 11.0. The maximum atomic E-state index is 6.18. The third-order valence-electron chi connectivity index (χ3n) is 3.31. The van der Waals surface area contributed by atoms with Gasteiger partial charge in [-0.25, -0.2) is 0 Å². The Morgan fingerprint density at radius 1 is 1.18 bits per heavy atom. The van der Waals surface area contributed by atoms with Crippen LogP contribution in [0.2, 0.25) is 23.2 Å². The normalized spacial score (nSPS) is 12.4. The minimum atomic E-state index is -1.83. The van der Waals surface area contributed by atoms with Crippen LogP contribution in [0.4, 0.5) is 0 Å². The first-order chi connectivity index (χ1) is 7.67. The third kappa shape index (κ3) is 3.39. The molecule has 0 N–H and O–H groups in total. The first-order valence-electron chi connectivity index (χ1n) is 5.70. The van der Waals surface area contributed by atoms with Crippen molar-refractivity contribution in [3.05, 3.63) is 23.2 Å². The average Bonchev–Trinajstić information content (AvgIpc) is 2.19. The van der Waals surface area contributed by atoms with Crippen LogP contribution in [0.3, 0.4) is 0 Å². The molecule has 0 atom stereocenters. The first kappa shape index (κ1) is 14.4. The predicted molar refractivity (Wildman–Crippen MR) is 75.8 cm³/mol. The van der Waals surface area contributed by atoms with E-state index in [2.05, 4.69) is 33.9 Å². The molecular formula is C13H21ClO2Si. The number of halogens is 1. The van der Waals surface area contributed by atoms with Crippen LogP contribution in [0.1, 0.15) is 20.8 Å². The predicted octanol–water partition coefficient (Wildman–Crippen LogP) is 4.73. The molecule has 2 nitrogen and oxygen atoms in total. The number of benzene rings is 1. The Balaban J connectivity index is 2.96. The molecule has 0 aliphatic heterocycles. The summed E-state index contributed by atoms with van der Waals surface area (Å²) >= 11 is 6.18. The van der Waals surface area contributed by atoms with E-state index in [4.69, 9.17) is 20.8 Å². The Labute approximate surface area is 110 Å². The highest BCUT2D eigenvalue weighted by molar-refractivity contribution is 6.74. The summed E-state index contributed by atoms with van der Waals surface area (Å²) in [6, 6.07) is 5.53. The van der Waals surface area contributed by atoms with Gasteiger partial charge in [0.1, 0.15) is 11.5 Å². The van der Waals surface area contributed by atoms with Crippen LogP contribution in [0.15, 0.2) is 18.2 Å². The van der Waals surface area contributed by atoms with Crippen LogP contribution in [0.5, 0.6) is 11.5 Å². The van der Waals surface area contributed by atoms with Gasteiger partial charge in [-0.05, 0) is 30.3 Å². The van der Waals surface area contributed by atoms with Gasteiger partial charge in [-0.2, -0.15) is 0 Å². The zero-order valence-corrected chi connectivity index (χ0v) is 13.2. The van der Waals surface area contributed by atoms with Crippen LogP contribution >= 0.6 is 11.6 Å². The van der Waals surface area contributed by atoms with Gasteiger partial charge in [0.15, 0.2) is 0 Å². The van der Waals surface area contributed by atoms with Crippen LogP contribution < -0.4 is 9.16 Å². The van der Waals surface area contributed by atoms with E-state index in [1.165, 1.54) is 0 Å². The van der Waals surface area contributed by atoms with Gasteiger partial charge in [-0.1, -0.05) is 32.4 Å². The number of ether oxygens (including phenoxy) is 1. The Hall–Kier alpha value is -0.673. The van der Waals surface area contributed by atoms with E-state index >= 15 is 0 Å². The molecule has 0 fully saturated rings. The Kier molecular flexibility index (Phi) is 4.15. The Morgan fingerprint density at radius 2 is 1.76 bits per heavy atom. The van der Waals surface area contributed by atoms with Crippen LogP contribution in [0.25, 0.3) is 0 Å². The second kappa shape index (κ2) is 4.90. The highest BCUT2D eigenvalue weighted by Gasteiger charge is 2.39. The van der Waals surface area contributed by atoms with Gasteiger partial charge in [0.2, 0.25) is 0 Å². The van der Waals surface area contributed by atoms with Crippen molar-refractivity contribution in [2.24, 2.45) is 0 Å². The lowest BCUT2D eigenvalue weighted by Crippen LogP contribution is -2.43. The third-order valence-corrected chi connectivity index (χ3v) is 7.95. The van der Waals surface area contributed by atoms with E-state index in [0.717, 1.165) is 11.5 Å². The molecule has 96 valence electrons. The molecule has 4 heteroatoms. The molecule has 17 heavy (non-hydrogen) atoms. The van der Waals surface area contributed by atoms with E-state index in [0.29, 0.717) is 5.02 Å². The second-order valence-electron chi connectivity index (χ2n) is 5.66. The van der Waals surface area contributed by atoms with Crippen molar-refractivity contribution < 1.29 is 9.16 Å². The van der Waals surface area contributed by atoms with Gasteiger partial charge in [0, 0.05) is 6.07 Å². The van der Waals surface area contributed by atoms with Crippen LogP contribution in [0, 0.1) is 0 Å². The second-order valence-corrected chi connectivity index (χ2v) is 10.8. The van der Waals surface area contributed by atoms with E-state index in [-0.39, 0.29) is 5.04 Å². The quantitative estimate of drug-likeness (QED) is 0.741. The summed E-state index contributed by atoms with van der Waals surface area (Å²) in [5.41, 5.74) is 0. The monoisotopic (exact) mass is 272 g/mol. The molecule has 0 radical (unpaired) electrons. The highest BCUT2D eigenvalue weighted by Crippen LogP contribution is 2.39. The average molecular weight is 273 g/mol. The summed E-state index contributed by atoms with van der Waals surface area (Å²) in [7, 11) is -0.205. The number of hydrogen-bond acceptors (Lipinski definition) is 2. The topological polar surface area (TPSA) is 18.5 Å². The molecular weight excluding hydrogens is 252 g/mol. The molecule has 0 saturated carbocycles. The SMILES string of the molecule is COc1ccc(O[Si](C)(C)C(C)(C)C)c(Cl)c1. The van der Waals surface area contributed by atoms with Gasteiger partial charge in [-0.15, -0.1) is 0 Å². The smallest absolute Gasteiger partial charge is 0.250 e. The van der Waals surface area contributed by atoms with Crippen molar-refractivity contribution in [1.29, 1.82) is 0 Å². The zero-order valence-electron chi connectivity index (χ0n) is 11.4. The van der Waals surface area contributed by atoms with Gasteiger partial charge in [0.05, 0.1) is 12.1 Å². The fourth-order valence-corrected chi connectivity index (χ4v) is 2.43. The molecule has 1 aromatic rings. The van der Waals surface area contributed by atoms with E-state index < -0.39 is 8.32 Å². The molecule has 0 aromatic heterocycles. The van der Waals surface area contributed by atoms with Crippen molar-refractivity contribution >= 4 is 19.9 Å². The van der Waals surface area contributed by atoms with E-state index in [1.54, 1.807) is 13.2 Å². The number of methoxy groups -OCH3 is 1. The fourth-order valence-electron chi connectivity index (χ4n) is 1.12. The molecule has 1 aromatic carbocycles. The summed E-state index contributed by atoms with van der Waals surface area (Å²) in [5, 5.41) is 0.769. The molecule has 0 aliphatic rings. The largest absolute Gasteiger partial charge is 0.543 e. The van der Waals surface area contributed by atoms with Crippen molar-refractivity contribution in [2.45, 2.75) is 38.9 Å². The summed E-state index contributed by atoms with van der Waals surface area (Å²) in [6.07, 6.45) is 0. The van der Waals surface area contributed by atoms with Crippen LogP contribution in [-0.2, 0) is 0 Å². The summed E-state index contributed by atoms with van der Waals surface area (Å²) < 4.78 is 11.3. The molecule has 0 amide bonds. The molecule has 1 rings (SSSR count). The maximum Gasteiger partial charge on any atom is 0.250 e. The minimum Gasteiger partial charge on any atom is -0.543 e. The van der Waals surface area contributed by atoms with Gasteiger partial charge in [0.25, 0.3) is 8.32 Å². The molecule has 0 unspecified atom stereocenters. The minimum absolute atomic E-state index is 0.163. The van der Waals surface area contributed by atoms with Crippen molar-refractivity contribution in [1.82, 2.24) is 0 Å². The van der Waals surface area contributed by atoms with Crippen molar-refractivity contribution in [3.63, 3.8) is 0 Å². The van der Waals surface area contributed by atoms with E-state index in [1.807, 2.05) is 12.1 Å². The molecule has 0 aliphatic carbocycles. The lowest BCUT2D eigenvalue weighted by atomic mass is 10.2.